The smallest absolute Gasteiger partial charge is 0.416 e. The van der Waals surface area contributed by atoms with Crippen LogP contribution in [0.5, 0.6) is 0 Å². The average molecular weight is 562 g/mol. The van der Waals surface area contributed by atoms with Crippen LogP contribution < -0.4 is 5.32 Å². The van der Waals surface area contributed by atoms with Crippen LogP contribution in [0.25, 0.3) is 0 Å². The molecule has 0 unspecified atom stereocenters. The Bertz CT molecular complexity index is 1050. The van der Waals surface area contributed by atoms with Gasteiger partial charge in [0.1, 0.15) is 5.60 Å². The summed E-state index contributed by atoms with van der Waals surface area (Å²) in [6.07, 6.45) is -5.01. The molecule has 0 saturated carbocycles. The molecule has 2 N–H and O–H groups in total. The molecular weight excluding hydrogens is 527 g/mol. The van der Waals surface area contributed by atoms with Crippen molar-refractivity contribution in [2.24, 2.45) is 11.3 Å². The standard InChI is InChI=1S/C26H35ClF3N3O5/c1-16-13-32(14-18-19(26(28,29)30)6-5-7-20(18)27)15-25(16,12-21(34)38-24(2,3)4)22(35)31-17-8-10-33(11-9-17)23(36)37/h5-7,16-17H,8-15H2,1-4H3,(H,31,35)(H,36,37)/t16-,25+/m0/s1. The van der Waals surface area contributed by atoms with Crippen LogP contribution in [0.4, 0.5) is 18.0 Å². The molecule has 38 heavy (non-hydrogen) atoms. The summed E-state index contributed by atoms with van der Waals surface area (Å²) in [5.74, 6) is -1.34. The van der Waals surface area contributed by atoms with E-state index < -0.39 is 34.8 Å². The number of likely N-dealkylation sites (tertiary alicyclic amines) is 2. The summed E-state index contributed by atoms with van der Waals surface area (Å²) in [4.78, 5) is 40.9. The quantitative estimate of drug-likeness (QED) is 0.485. The zero-order valence-electron chi connectivity index (χ0n) is 22.0. The first-order valence-electron chi connectivity index (χ1n) is 12.6. The van der Waals surface area contributed by atoms with Crippen LogP contribution in [-0.4, -0.2) is 70.7 Å². The Kier molecular flexibility index (Phi) is 8.92. The monoisotopic (exact) mass is 561 g/mol. The second kappa shape index (κ2) is 11.3. The number of nitrogens with one attached hydrogen (secondary N) is 1. The number of alkyl halides is 3. The third-order valence-corrected chi connectivity index (χ3v) is 7.57. The van der Waals surface area contributed by atoms with E-state index in [1.807, 2.05) is 0 Å². The van der Waals surface area contributed by atoms with Gasteiger partial charge in [0.2, 0.25) is 5.91 Å². The molecule has 12 heteroatoms. The van der Waals surface area contributed by atoms with E-state index in [1.54, 1.807) is 32.6 Å². The molecule has 2 amide bonds. The minimum absolute atomic E-state index is 0.0215. The van der Waals surface area contributed by atoms with E-state index in [2.05, 4.69) is 5.32 Å². The van der Waals surface area contributed by atoms with E-state index in [9.17, 15) is 32.7 Å². The summed E-state index contributed by atoms with van der Waals surface area (Å²) < 4.78 is 46.6. The molecule has 3 rings (SSSR count). The molecule has 0 spiro atoms. The number of piperidine rings is 1. The first-order valence-corrected chi connectivity index (χ1v) is 13.0. The number of esters is 1. The van der Waals surface area contributed by atoms with E-state index in [1.165, 1.54) is 17.0 Å². The predicted octanol–water partition coefficient (Wildman–Crippen LogP) is 4.79. The molecule has 2 heterocycles. The molecule has 2 fully saturated rings. The van der Waals surface area contributed by atoms with Crippen LogP contribution in [0.3, 0.4) is 0 Å². The van der Waals surface area contributed by atoms with Gasteiger partial charge in [-0.2, -0.15) is 13.2 Å². The van der Waals surface area contributed by atoms with E-state index >= 15 is 0 Å². The average Bonchev–Trinajstić information content (AvgIpc) is 3.09. The van der Waals surface area contributed by atoms with Gasteiger partial charge < -0.3 is 20.1 Å². The van der Waals surface area contributed by atoms with Gasteiger partial charge in [0.15, 0.2) is 0 Å². The van der Waals surface area contributed by atoms with Crippen molar-refractivity contribution in [2.45, 2.75) is 71.3 Å². The normalized spacial score (nSPS) is 23.4. The molecule has 0 aliphatic carbocycles. The van der Waals surface area contributed by atoms with Crippen LogP contribution in [0.1, 0.15) is 58.1 Å². The summed E-state index contributed by atoms with van der Waals surface area (Å²) in [5, 5.41) is 12.2. The summed E-state index contributed by atoms with van der Waals surface area (Å²) in [6, 6.07) is 3.34. The highest BCUT2D eigenvalue weighted by Gasteiger charge is 2.52. The molecule has 1 aromatic carbocycles. The molecule has 2 aliphatic heterocycles. The van der Waals surface area contributed by atoms with E-state index in [4.69, 9.17) is 16.3 Å². The third kappa shape index (κ3) is 7.11. The van der Waals surface area contributed by atoms with Crippen molar-refractivity contribution < 1.29 is 37.4 Å². The first-order chi connectivity index (χ1) is 17.5. The van der Waals surface area contributed by atoms with Crippen molar-refractivity contribution in [3.63, 3.8) is 0 Å². The number of nitrogens with zero attached hydrogens (tertiary/aromatic N) is 2. The Hall–Kier alpha value is -2.53. The maximum absolute atomic E-state index is 13.8. The molecule has 0 aromatic heterocycles. The number of hydrogen-bond donors (Lipinski definition) is 2. The van der Waals surface area contributed by atoms with Gasteiger partial charge in [-0.1, -0.05) is 24.6 Å². The van der Waals surface area contributed by atoms with Crippen molar-refractivity contribution >= 4 is 29.6 Å². The van der Waals surface area contributed by atoms with Gasteiger partial charge >= 0.3 is 18.2 Å². The van der Waals surface area contributed by atoms with Crippen molar-refractivity contribution in [3.8, 4) is 0 Å². The second-order valence-corrected chi connectivity index (χ2v) is 11.7. The van der Waals surface area contributed by atoms with Crippen molar-refractivity contribution in [1.29, 1.82) is 0 Å². The van der Waals surface area contributed by atoms with Crippen LogP contribution >= 0.6 is 11.6 Å². The fraction of sp³-hybridized carbons (Fsp3) is 0.654. The molecule has 0 bridgehead atoms. The lowest BCUT2D eigenvalue weighted by Crippen LogP contribution is -2.53. The van der Waals surface area contributed by atoms with E-state index in [-0.39, 0.29) is 67.6 Å². The third-order valence-electron chi connectivity index (χ3n) is 7.22. The van der Waals surface area contributed by atoms with Gasteiger partial charge in [-0.3, -0.25) is 14.5 Å². The van der Waals surface area contributed by atoms with Crippen LogP contribution in [0.2, 0.25) is 5.02 Å². The Morgan fingerprint density at radius 2 is 1.82 bits per heavy atom. The zero-order chi connectivity index (χ0) is 28.5. The highest BCUT2D eigenvalue weighted by Crippen LogP contribution is 2.43. The maximum Gasteiger partial charge on any atom is 0.416 e. The molecule has 2 atom stereocenters. The summed E-state index contributed by atoms with van der Waals surface area (Å²) in [5.41, 5.74) is -2.94. The predicted molar refractivity (Wildman–Crippen MR) is 135 cm³/mol. The fourth-order valence-electron chi connectivity index (χ4n) is 5.30. The lowest BCUT2D eigenvalue weighted by atomic mass is 9.75. The Morgan fingerprint density at radius 1 is 1.18 bits per heavy atom. The molecule has 0 radical (unpaired) electrons. The van der Waals surface area contributed by atoms with Crippen molar-refractivity contribution in [1.82, 2.24) is 15.1 Å². The van der Waals surface area contributed by atoms with Gasteiger partial charge in [-0.15, -0.1) is 0 Å². The lowest BCUT2D eigenvalue weighted by Gasteiger charge is -2.36. The number of hydrogen-bond acceptors (Lipinski definition) is 5. The number of ether oxygens (including phenoxy) is 1. The van der Waals surface area contributed by atoms with Crippen LogP contribution in [-0.2, 0) is 27.0 Å². The summed E-state index contributed by atoms with van der Waals surface area (Å²) in [6.45, 7) is 7.66. The van der Waals surface area contributed by atoms with Gasteiger partial charge in [0, 0.05) is 43.8 Å². The van der Waals surface area contributed by atoms with Crippen LogP contribution in [0.15, 0.2) is 18.2 Å². The molecule has 1 aromatic rings. The molecular formula is C26H35ClF3N3O5. The molecule has 2 aliphatic rings. The fourth-order valence-corrected chi connectivity index (χ4v) is 5.53. The number of carboxylic acid groups (broad SMARTS) is 1. The number of rotatable bonds is 6. The van der Waals surface area contributed by atoms with E-state index in [0.29, 0.717) is 12.8 Å². The number of amides is 2. The Balaban J connectivity index is 1.85. The minimum Gasteiger partial charge on any atom is -0.465 e. The lowest BCUT2D eigenvalue weighted by molar-refractivity contribution is -0.161. The van der Waals surface area contributed by atoms with Crippen molar-refractivity contribution in [2.75, 3.05) is 26.2 Å². The summed E-state index contributed by atoms with van der Waals surface area (Å²) in [7, 11) is 0. The topological polar surface area (TPSA) is 99.2 Å². The van der Waals surface area contributed by atoms with Gasteiger partial charge in [0.05, 0.1) is 17.4 Å². The Morgan fingerprint density at radius 3 is 2.37 bits per heavy atom. The number of carbonyl (C=O) groups excluding carboxylic acids is 2. The van der Waals surface area contributed by atoms with Crippen molar-refractivity contribution in [3.05, 3.63) is 34.3 Å². The van der Waals surface area contributed by atoms with Gasteiger partial charge in [0.25, 0.3) is 0 Å². The zero-order valence-corrected chi connectivity index (χ0v) is 22.8. The molecule has 212 valence electrons. The number of carbonyl (C=O) groups is 3. The van der Waals surface area contributed by atoms with Gasteiger partial charge in [-0.25, -0.2) is 4.79 Å². The first kappa shape index (κ1) is 30.0. The second-order valence-electron chi connectivity index (χ2n) is 11.3. The highest BCUT2D eigenvalue weighted by molar-refractivity contribution is 6.31. The Labute approximate surface area is 225 Å². The van der Waals surface area contributed by atoms with Gasteiger partial charge in [-0.05, 0) is 57.2 Å². The SMILES string of the molecule is C[C@H]1CN(Cc2c(Cl)cccc2C(F)(F)F)C[C@@]1(CC(=O)OC(C)(C)C)C(=O)NC1CCN(C(=O)O)CC1. The molecule has 8 nitrogen and oxygen atoms in total. The number of halogens is 4. The largest absolute Gasteiger partial charge is 0.465 e. The van der Waals surface area contributed by atoms with Crippen LogP contribution in [0, 0.1) is 11.3 Å². The molecule has 2 saturated heterocycles. The highest BCUT2D eigenvalue weighted by atomic mass is 35.5. The minimum atomic E-state index is -4.60. The maximum atomic E-state index is 13.8. The van der Waals surface area contributed by atoms with E-state index in [0.717, 1.165) is 6.07 Å². The number of benzene rings is 1. The summed E-state index contributed by atoms with van der Waals surface area (Å²) >= 11 is 6.18.